The maximum absolute atomic E-state index is 12.3. The number of carbonyl (C=O) groups excluding carboxylic acids is 1. The zero-order chi connectivity index (χ0) is 17.1. The van der Waals surface area contributed by atoms with E-state index in [1.165, 1.54) is 25.7 Å². The molecule has 1 fully saturated rings. The van der Waals surface area contributed by atoms with Gasteiger partial charge in [-0.05, 0) is 38.7 Å². The second-order valence-corrected chi connectivity index (χ2v) is 6.70. The zero-order valence-corrected chi connectivity index (χ0v) is 14.5. The van der Waals surface area contributed by atoms with E-state index in [2.05, 4.69) is 20.4 Å². The summed E-state index contributed by atoms with van der Waals surface area (Å²) in [6, 6.07) is 0.345. The van der Waals surface area contributed by atoms with Crippen molar-refractivity contribution in [3.63, 3.8) is 0 Å². The first-order valence-electron chi connectivity index (χ1n) is 8.82. The smallest absolute Gasteiger partial charge is 0.254 e. The van der Waals surface area contributed by atoms with Gasteiger partial charge in [-0.25, -0.2) is 4.98 Å². The molecular formula is C17H26N6O. The minimum Gasteiger partial charge on any atom is -0.366 e. The molecule has 1 saturated carbocycles. The number of rotatable bonds is 4. The molecule has 0 spiro atoms. The third kappa shape index (κ3) is 3.66. The largest absolute Gasteiger partial charge is 0.366 e. The van der Waals surface area contributed by atoms with Gasteiger partial charge in [0.05, 0.1) is 0 Å². The average molecular weight is 330 g/mol. The highest BCUT2D eigenvalue weighted by molar-refractivity contribution is 5.76. The van der Waals surface area contributed by atoms with E-state index < -0.39 is 0 Å². The summed E-state index contributed by atoms with van der Waals surface area (Å²) in [5.41, 5.74) is 8.53. The van der Waals surface area contributed by atoms with Gasteiger partial charge in [-0.2, -0.15) is 9.50 Å². The summed E-state index contributed by atoms with van der Waals surface area (Å²) in [4.78, 5) is 20.8. The summed E-state index contributed by atoms with van der Waals surface area (Å²) in [6.45, 7) is 3.91. The molecule has 0 unspecified atom stereocenters. The molecule has 0 atom stereocenters. The van der Waals surface area contributed by atoms with E-state index in [1.54, 1.807) is 4.52 Å². The lowest BCUT2D eigenvalue weighted by Crippen LogP contribution is -2.34. The van der Waals surface area contributed by atoms with E-state index in [-0.39, 0.29) is 11.9 Å². The number of nitrogens with zero attached hydrogens (tertiary/aromatic N) is 4. The van der Waals surface area contributed by atoms with Crippen molar-refractivity contribution in [1.82, 2.24) is 24.9 Å². The van der Waals surface area contributed by atoms with Crippen molar-refractivity contribution < 1.29 is 4.79 Å². The molecule has 7 heteroatoms. The Bertz CT molecular complexity index is 730. The number of nitrogens with two attached hydrogens (primary N) is 1. The Hall–Kier alpha value is -2.18. The zero-order valence-electron chi connectivity index (χ0n) is 14.5. The maximum atomic E-state index is 12.3. The first kappa shape index (κ1) is 16.7. The maximum Gasteiger partial charge on any atom is 0.254 e. The summed E-state index contributed by atoms with van der Waals surface area (Å²) in [5, 5.41) is 7.36. The molecule has 2 aromatic rings. The van der Waals surface area contributed by atoms with Crippen LogP contribution in [0.1, 0.15) is 61.9 Å². The quantitative estimate of drug-likeness (QED) is 0.837. The first-order valence-corrected chi connectivity index (χ1v) is 8.82. The molecule has 7 nitrogen and oxygen atoms in total. The second kappa shape index (κ2) is 7.15. The standard InChI is InChI=1S/C17H26N6O/c1-11-14(12(2)23-17(19-11)21-16(18)22-23)9-10-15(24)20-13-7-5-3-4-6-8-13/h13H,3-10H2,1-2H3,(H2,18,22)(H,20,24). The predicted octanol–water partition coefficient (Wildman–Crippen LogP) is 2.09. The van der Waals surface area contributed by atoms with Crippen LogP contribution in [0, 0.1) is 13.8 Å². The molecule has 0 radical (unpaired) electrons. The average Bonchev–Trinajstić information content (AvgIpc) is 2.73. The normalized spacial score (nSPS) is 16.2. The second-order valence-electron chi connectivity index (χ2n) is 6.70. The van der Waals surface area contributed by atoms with Crippen LogP contribution in [0.2, 0.25) is 0 Å². The fraction of sp³-hybridized carbons (Fsp3) is 0.647. The number of amides is 1. The predicted molar refractivity (Wildman–Crippen MR) is 92.6 cm³/mol. The molecule has 1 aliphatic rings. The van der Waals surface area contributed by atoms with E-state index in [0.717, 1.165) is 29.8 Å². The molecule has 2 heterocycles. The summed E-state index contributed by atoms with van der Waals surface area (Å²) in [6.07, 6.45) is 8.35. The van der Waals surface area contributed by atoms with Gasteiger partial charge in [0.25, 0.3) is 5.78 Å². The van der Waals surface area contributed by atoms with E-state index in [1.807, 2.05) is 13.8 Å². The molecule has 0 aromatic carbocycles. The van der Waals surface area contributed by atoms with Gasteiger partial charge in [0.2, 0.25) is 11.9 Å². The van der Waals surface area contributed by atoms with Crippen LogP contribution in [0.3, 0.4) is 0 Å². The minimum atomic E-state index is 0.124. The molecule has 3 N–H and O–H groups in total. The molecule has 1 aliphatic carbocycles. The highest BCUT2D eigenvalue weighted by atomic mass is 16.1. The fourth-order valence-electron chi connectivity index (χ4n) is 3.55. The van der Waals surface area contributed by atoms with Crippen LogP contribution in [0.4, 0.5) is 5.95 Å². The molecule has 0 saturated heterocycles. The third-order valence-corrected chi connectivity index (χ3v) is 4.89. The highest BCUT2D eigenvalue weighted by Gasteiger charge is 2.17. The van der Waals surface area contributed by atoms with E-state index in [0.29, 0.717) is 24.7 Å². The molecule has 3 rings (SSSR count). The van der Waals surface area contributed by atoms with Gasteiger partial charge in [-0.15, -0.1) is 5.10 Å². The Morgan fingerprint density at radius 2 is 1.92 bits per heavy atom. The molecule has 1 amide bonds. The number of anilines is 1. The van der Waals surface area contributed by atoms with Crippen molar-refractivity contribution in [2.75, 3.05) is 5.73 Å². The third-order valence-electron chi connectivity index (χ3n) is 4.89. The Labute approximate surface area is 142 Å². The van der Waals surface area contributed by atoms with Crippen LogP contribution in [0.25, 0.3) is 5.78 Å². The highest BCUT2D eigenvalue weighted by Crippen LogP contribution is 2.18. The van der Waals surface area contributed by atoms with Gasteiger partial charge in [0.1, 0.15) is 0 Å². The van der Waals surface area contributed by atoms with Gasteiger partial charge in [0, 0.05) is 23.9 Å². The topological polar surface area (TPSA) is 98.2 Å². The summed E-state index contributed by atoms with van der Waals surface area (Å²) in [5.74, 6) is 0.848. The van der Waals surface area contributed by atoms with Crippen molar-refractivity contribution in [3.8, 4) is 0 Å². The number of hydrogen-bond acceptors (Lipinski definition) is 5. The summed E-state index contributed by atoms with van der Waals surface area (Å²) >= 11 is 0. The van der Waals surface area contributed by atoms with Crippen LogP contribution in [0.15, 0.2) is 0 Å². The molecule has 2 aromatic heterocycles. The van der Waals surface area contributed by atoms with Gasteiger partial charge in [0.15, 0.2) is 0 Å². The number of carbonyl (C=O) groups is 1. The van der Waals surface area contributed by atoms with Gasteiger partial charge in [-0.3, -0.25) is 4.79 Å². The van der Waals surface area contributed by atoms with E-state index in [9.17, 15) is 4.79 Å². The monoisotopic (exact) mass is 330 g/mol. The Morgan fingerprint density at radius 3 is 2.62 bits per heavy atom. The number of fused-ring (bicyclic) bond motifs is 1. The van der Waals surface area contributed by atoms with E-state index >= 15 is 0 Å². The van der Waals surface area contributed by atoms with Crippen LogP contribution >= 0.6 is 0 Å². The molecule has 130 valence electrons. The van der Waals surface area contributed by atoms with Crippen molar-refractivity contribution in [1.29, 1.82) is 0 Å². The minimum absolute atomic E-state index is 0.124. The number of aryl methyl sites for hydroxylation is 2. The Kier molecular flexibility index (Phi) is 4.97. The van der Waals surface area contributed by atoms with Crippen molar-refractivity contribution in [2.45, 2.75) is 71.3 Å². The number of nitrogen functional groups attached to an aromatic ring is 1. The molecule has 24 heavy (non-hydrogen) atoms. The number of hydrogen-bond donors (Lipinski definition) is 2. The summed E-state index contributed by atoms with van der Waals surface area (Å²) < 4.78 is 1.65. The van der Waals surface area contributed by atoms with Gasteiger partial charge < -0.3 is 11.1 Å². The Morgan fingerprint density at radius 1 is 1.21 bits per heavy atom. The molecular weight excluding hydrogens is 304 g/mol. The number of nitrogens with one attached hydrogen (secondary N) is 1. The van der Waals surface area contributed by atoms with Crippen molar-refractivity contribution in [2.24, 2.45) is 0 Å². The van der Waals surface area contributed by atoms with Crippen molar-refractivity contribution >= 4 is 17.6 Å². The molecule has 0 aliphatic heterocycles. The van der Waals surface area contributed by atoms with Gasteiger partial charge in [-0.1, -0.05) is 25.7 Å². The van der Waals surface area contributed by atoms with Crippen LogP contribution in [-0.4, -0.2) is 31.5 Å². The lowest BCUT2D eigenvalue weighted by Gasteiger charge is -2.16. The van der Waals surface area contributed by atoms with Crippen LogP contribution in [-0.2, 0) is 11.2 Å². The summed E-state index contributed by atoms with van der Waals surface area (Å²) in [7, 11) is 0. The number of aromatic nitrogens is 4. The van der Waals surface area contributed by atoms with Crippen LogP contribution < -0.4 is 11.1 Å². The lowest BCUT2D eigenvalue weighted by molar-refractivity contribution is -0.121. The van der Waals surface area contributed by atoms with Crippen LogP contribution in [0.5, 0.6) is 0 Å². The Balaban J connectivity index is 1.65. The van der Waals surface area contributed by atoms with Crippen molar-refractivity contribution in [3.05, 3.63) is 17.0 Å². The lowest BCUT2D eigenvalue weighted by atomic mass is 10.1. The first-order chi connectivity index (χ1) is 11.5. The van der Waals surface area contributed by atoms with E-state index in [4.69, 9.17) is 5.73 Å². The SMILES string of the molecule is Cc1nc2nc(N)nn2c(C)c1CCC(=O)NC1CCCCCC1. The fourth-order valence-corrected chi connectivity index (χ4v) is 3.55. The van der Waals surface area contributed by atoms with Gasteiger partial charge >= 0.3 is 0 Å². The molecule has 0 bridgehead atoms.